The van der Waals surface area contributed by atoms with Crippen LogP contribution in [0.5, 0.6) is 0 Å². The first-order chi connectivity index (χ1) is 9.67. The standard InChI is InChI=1S/C14H18N4O2/c1-2-10-8-18(5-6-20-10)14-16-12-4-3-9(15)7-11(12)13(19)17-14/h3-4,7,10H,2,5-6,8,15H2,1H3,(H,16,17,19). The minimum absolute atomic E-state index is 0.156. The van der Waals surface area contributed by atoms with E-state index in [2.05, 4.69) is 21.8 Å². The lowest BCUT2D eigenvalue weighted by molar-refractivity contribution is 0.0379. The number of hydrogen-bond donors (Lipinski definition) is 2. The normalized spacial score (nSPS) is 19.4. The van der Waals surface area contributed by atoms with Crippen molar-refractivity contribution in [1.82, 2.24) is 9.97 Å². The van der Waals surface area contributed by atoms with Crippen LogP contribution in [0.15, 0.2) is 23.0 Å². The van der Waals surface area contributed by atoms with Gasteiger partial charge in [-0.1, -0.05) is 6.92 Å². The summed E-state index contributed by atoms with van der Waals surface area (Å²) in [6.45, 7) is 4.23. The van der Waals surface area contributed by atoms with Gasteiger partial charge in [0.25, 0.3) is 5.56 Å². The molecule has 2 heterocycles. The van der Waals surface area contributed by atoms with Gasteiger partial charge in [-0.2, -0.15) is 0 Å². The van der Waals surface area contributed by atoms with Crippen LogP contribution in [0.2, 0.25) is 0 Å². The van der Waals surface area contributed by atoms with Gasteiger partial charge >= 0.3 is 0 Å². The van der Waals surface area contributed by atoms with Crippen LogP contribution in [0.3, 0.4) is 0 Å². The molecule has 2 aromatic rings. The summed E-state index contributed by atoms with van der Waals surface area (Å²) >= 11 is 0. The lowest BCUT2D eigenvalue weighted by atomic mass is 10.2. The number of ether oxygens (including phenoxy) is 1. The SMILES string of the molecule is CCC1CN(c2nc3ccc(N)cc3c(=O)[nH]2)CCO1. The second-order valence-corrected chi connectivity index (χ2v) is 5.01. The average molecular weight is 274 g/mol. The number of nitrogens with one attached hydrogen (secondary N) is 1. The molecule has 0 radical (unpaired) electrons. The Labute approximate surface area is 116 Å². The van der Waals surface area contributed by atoms with Gasteiger partial charge in [0, 0.05) is 18.8 Å². The number of fused-ring (bicyclic) bond motifs is 1. The molecule has 6 heteroatoms. The highest BCUT2D eigenvalue weighted by molar-refractivity contribution is 5.81. The molecule has 1 aromatic heterocycles. The highest BCUT2D eigenvalue weighted by Gasteiger charge is 2.21. The largest absolute Gasteiger partial charge is 0.399 e. The molecular weight excluding hydrogens is 256 g/mol. The number of nitrogen functional groups attached to an aromatic ring is 1. The molecule has 1 fully saturated rings. The minimum atomic E-state index is -0.156. The number of H-pyrrole nitrogens is 1. The van der Waals surface area contributed by atoms with Crippen molar-refractivity contribution in [2.75, 3.05) is 30.3 Å². The Morgan fingerprint density at radius 2 is 2.40 bits per heavy atom. The second-order valence-electron chi connectivity index (χ2n) is 5.01. The zero-order valence-corrected chi connectivity index (χ0v) is 11.4. The van der Waals surface area contributed by atoms with Crippen molar-refractivity contribution in [2.45, 2.75) is 19.4 Å². The molecule has 0 saturated carbocycles. The van der Waals surface area contributed by atoms with Crippen LogP contribution in [-0.4, -0.2) is 35.8 Å². The van der Waals surface area contributed by atoms with Gasteiger partial charge < -0.3 is 15.4 Å². The zero-order valence-electron chi connectivity index (χ0n) is 11.4. The van der Waals surface area contributed by atoms with Crippen molar-refractivity contribution < 1.29 is 4.74 Å². The Kier molecular flexibility index (Phi) is 3.31. The van der Waals surface area contributed by atoms with Gasteiger partial charge in [-0.3, -0.25) is 9.78 Å². The lowest BCUT2D eigenvalue weighted by Gasteiger charge is -2.32. The van der Waals surface area contributed by atoms with Gasteiger partial charge in [0.2, 0.25) is 5.95 Å². The molecule has 1 atom stereocenters. The molecule has 1 unspecified atom stereocenters. The van der Waals surface area contributed by atoms with E-state index >= 15 is 0 Å². The number of nitrogens with zero attached hydrogens (tertiary/aromatic N) is 2. The summed E-state index contributed by atoms with van der Waals surface area (Å²) in [4.78, 5) is 21.6. The first kappa shape index (κ1) is 12.9. The molecule has 1 aliphatic rings. The molecule has 3 rings (SSSR count). The topological polar surface area (TPSA) is 84.2 Å². The van der Waals surface area contributed by atoms with Crippen LogP contribution >= 0.6 is 0 Å². The first-order valence-electron chi connectivity index (χ1n) is 6.83. The van der Waals surface area contributed by atoms with E-state index in [4.69, 9.17) is 10.5 Å². The predicted molar refractivity (Wildman–Crippen MR) is 79.0 cm³/mol. The highest BCUT2D eigenvalue weighted by atomic mass is 16.5. The van der Waals surface area contributed by atoms with Gasteiger partial charge in [0.1, 0.15) is 0 Å². The maximum Gasteiger partial charge on any atom is 0.260 e. The van der Waals surface area contributed by atoms with Crippen molar-refractivity contribution in [3.8, 4) is 0 Å². The van der Waals surface area contributed by atoms with E-state index in [1.54, 1.807) is 18.2 Å². The van der Waals surface area contributed by atoms with Crippen LogP contribution in [0.4, 0.5) is 11.6 Å². The van der Waals surface area contributed by atoms with Gasteiger partial charge in [-0.15, -0.1) is 0 Å². The monoisotopic (exact) mass is 274 g/mol. The number of hydrogen-bond acceptors (Lipinski definition) is 5. The van der Waals surface area contributed by atoms with Crippen LogP contribution in [-0.2, 0) is 4.74 Å². The summed E-state index contributed by atoms with van der Waals surface area (Å²) in [6, 6.07) is 5.19. The van der Waals surface area contributed by atoms with Crippen LogP contribution in [0.1, 0.15) is 13.3 Å². The molecule has 6 nitrogen and oxygen atoms in total. The van der Waals surface area contributed by atoms with Crippen LogP contribution in [0, 0.1) is 0 Å². The molecule has 0 bridgehead atoms. The third-order valence-electron chi connectivity index (χ3n) is 3.61. The zero-order chi connectivity index (χ0) is 14.1. The summed E-state index contributed by atoms with van der Waals surface area (Å²) in [5, 5.41) is 0.522. The summed E-state index contributed by atoms with van der Waals surface area (Å²) in [7, 11) is 0. The van der Waals surface area contributed by atoms with Crippen LogP contribution < -0.4 is 16.2 Å². The number of nitrogens with two attached hydrogens (primary N) is 1. The van der Waals surface area contributed by atoms with Crippen molar-refractivity contribution in [3.63, 3.8) is 0 Å². The number of aromatic nitrogens is 2. The molecule has 106 valence electrons. The van der Waals surface area contributed by atoms with Gasteiger partial charge in [-0.05, 0) is 24.6 Å². The van der Waals surface area contributed by atoms with E-state index < -0.39 is 0 Å². The minimum Gasteiger partial charge on any atom is -0.399 e. The molecule has 1 aromatic carbocycles. The molecule has 20 heavy (non-hydrogen) atoms. The number of aromatic amines is 1. The molecule has 0 aliphatic carbocycles. The summed E-state index contributed by atoms with van der Waals surface area (Å²) in [5.74, 6) is 0.606. The fraction of sp³-hybridized carbons (Fsp3) is 0.429. The summed E-state index contributed by atoms with van der Waals surface area (Å²) in [5.41, 5.74) is 6.78. The smallest absolute Gasteiger partial charge is 0.260 e. The highest BCUT2D eigenvalue weighted by Crippen LogP contribution is 2.17. The quantitative estimate of drug-likeness (QED) is 0.802. The maximum absolute atomic E-state index is 12.1. The molecule has 1 saturated heterocycles. The summed E-state index contributed by atoms with van der Waals surface area (Å²) in [6.07, 6.45) is 1.14. The fourth-order valence-electron chi connectivity index (χ4n) is 2.45. The fourth-order valence-corrected chi connectivity index (χ4v) is 2.45. The average Bonchev–Trinajstić information content (AvgIpc) is 2.48. The Hall–Kier alpha value is -2.08. The number of benzene rings is 1. The third-order valence-corrected chi connectivity index (χ3v) is 3.61. The number of morpholine rings is 1. The molecule has 0 amide bonds. The molecule has 1 aliphatic heterocycles. The Bertz CT molecular complexity index is 682. The summed E-state index contributed by atoms with van der Waals surface area (Å²) < 4.78 is 5.63. The molecule has 0 spiro atoms. The van der Waals surface area contributed by atoms with E-state index in [0.717, 1.165) is 19.5 Å². The maximum atomic E-state index is 12.1. The number of anilines is 2. The van der Waals surface area contributed by atoms with Gasteiger partial charge in [-0.25, -0.2) is 4.98 Å². The number of rotatable bonds is 2. The second kappa shape index (κ2) is 5.13. The Morgan fingerprint density at radius 3 is 3.20 bits per heavy atom. The Morgan fingerprint density at radius 1 is 1.55 bits per heavy atom. The van der Waals surface area contributed by atoms with E-state index in [0.29, 0.717) is 29.1 Å². The van der Waals surface area contributed by atoms with Crippen molar-refractivity contribution in [2.24, 2.45) is 0 Å². The molecular formula is C14H18N4O2. The lowest BCUT2D eigenvalue weighted by Crippen LogP contribution is -2.43. The van der Waals surface area contributed by atoms with E-state index in [9.17, 15) is 4.79 Å². The van der Waals surface area contributed by atoms with Gasteiger partial charge in [0.05, 0.1) is 23.6 Å². The van der Waals surface area contributed by atoms with E-state index in [1.165, 1.54) is 0 Å². The Balaban J connectivity index is 2.00. The molecule has 3 N–H and O–H groups in total. The van der Waals surface area contributed by atoms with Crippen molar-refractivity contribution in [3.05, 3.63) is 28.6 Å². The van der Waals surface area contributed by atoms with E-state index in [1.807, 2.05) is 0 Å². The van der Waals surface area contributed by atoms with Crippen molar-refractivity contribution in [1.29, 1.82) is 0 Å². The van der Waals surface area contributed by atoms with E-state index in [-0.39, 0.29) is 11.7 Å². The predicted octanol–water partition coefficient (Wildman–Crippen LogP) is 1.12. The van der Waals surface area contributed by atoms with Crippen molar-refractivity contribution >= 4 is 22.5 Å². The third kappa shape index (κ3) is 2.34. The van der Waals surface area contributed by atoms with Crippen LogP contribution in [0.25, 0.3) is 10.9 Å². The first-order valence-corrected chi connectivity index (χ1v) is 6.83. The van der Waals surface area contributed by atoms with Gasteiger partial charge in [0.15, 0.2) is 0 Å².